The van der Waals surface area contributed by atoms with E-state index in [0.717, 1.165) is 12.5 Å². The van der Waals surface area contributed by atoms with Gasteiger partial charge in [0.05, 0.1) is 24.6 Å². The SMILES string of the molecule is COc1cc(F)cc(C(=O)N[C@@H]2[C@H]3C[C@@H]2N(C(=O)C2(CC(F)F)CC2)C3)c1. The van der Waals surface area contributed by atoms with Crippen LogP contribution in [0.5, 0.6) is 5.75 Å². The lowest BCUT2D eigenvalue weighted by Crippen LogP contribution is -2.55. The fourth-order valence-electron chi connectivity index (χ4n) is 4.37. The molecule has 0 aromatic heterocycles. The maximum atomic E-state index is 13.6. The van der Waals surface area contributed by atoms with Gasteiger partial charge in [0, 0.05) is 30.5 Å². The average molecular weight is 382 g/mol. The predicted molar refractivity (Wildman–Crippen MR) is 90.1 cm³/mol. The summed E-state index contributed by atoms with van der Waals surface area (Å²) < 4.78 is 44.2. The third-order valence-electron chi connectivity index (χ3n) is 6.08. The molecule has 2 bridgehead atoms. The Morgan fingerprint density at radius 2 is 2.07 bits per heavy atom. The van der Waals surface area contributed by atoms with Crippen LogP contribution in [-0.2, 0) is 4.79 Å². The number of ether oxygens (including phenoxy) is 1. The Bertz CT molecular complexity index is 781. The monoisotopic (exact) mass is 382 g/mol. The number of nitrogens with one attached hydrogen (secondary N) is 1. The van der Waals surface area contributed by atoms with Gasteiger partial charge >= 0.3 is 0 Å². The number of fused-ring (bicyclic) bond motifs is 1. The van der Waals surface area contributed by atoms with Crippen molar-refractivity contribution in [2.24, 2.45) is 11.3 Å². The fourth-order valence-corrected chi connectivity index (χ4v) is 4.37. The number of alkyl halides is 2. The first-order chi connectivity index (χ1) is 12.8. The summed E-state index contributed by atoms with van der Waals surface area (Å²) in [6.07, 6.45) is -1.12. The second-order valence-electron chi connectivity index (χ2n) is 7.78. The zero-order chi connectivity index (χ0) is 19.3. The first-order valence-electron chi connectivity index (χ1n) is 9.08. The van der Waals surface area contributed by atoms with Crippen LogP contribution in [-0.4, -0.2) is 48.9 Å². The third kappa shape index (κ3) is 3.15. The molecule has 1 aromatic rings. The molecule has 5 rings (SSSR count). The fraction of sp³-hybridized carbons (Fsp3) is 0.579. The van der Waals surface area contributed by atoms with Crippen molar-refractivity contribution >= 4 is 11.8 Å². The minimum absolute atomic E-state index is 0.112. The van der Waals surface area contributed by atoms with Gasteiger partial charge in [-0.2, -0.15) is 0 Å². The smallest absolute Gasteiger partial charge is 0.251 e. The number of carbonyl (C=O) groups is 2. The van der Waals surface area contributed by atoms with Gasteiger partial charge in [-0.3, -0.25) is 9.59 Å². The highest BCUT2D eigenvalue weighted by Gasteiger charge is 2.60. The zero-order valence-corrected chi connectivity index (χ0v) is 14.9. The number of hydrogen-bond donors (Lipinski definition) is 1. The van der Waals surface area contributed by atoms with E-state index >= 15 is 0 Å². The van der Waals surface area contributed by atoms with Gasteiger partial charge in [0.1, 0.15) is 11.6 Å². The van der Waals surface area contributed by atoms with Gasteiger partial charge in [-0.25, -0.2) is 13.2 Å². The zero-order valence-electron chi connectivity index (χ0n) is 14.9. The second-order valence-corrected chi connectivity index (χ2v) is 7.78. The number of carbonyl (C=O) groups excluding carboxylic acids is 2. The molecule has 146 valence electrons. The van der Waals surface area contributed by atoms with Crippen molar-refractivity contribution in [3.8, 4) is 5.75 Å². The molecule has 27 heavy (non-hydrogen) atoms. The molecule has 2 amide bonds. The number of methoxy groups -OCH3 is 1. The maximum Gasteiger partial charge on any atom is 0.251 e. The lowest BCUT2D eigenvalue weighted by Gasteiger charge is -2.37. The molecule has 0 spiro atoms. The average Bonchev–Trinajstić information content (AvgIpc) is 3.12. The normalized spacial score (nSPS) is 27.3. The number of amides is 2. The molecule has 2 aliphatic heterocycles. The summed E-state index contributed by atoms with van der Waals surface area (Å²) in [5.74, 6) is -0.859. The number of hydrogen-bond acceptors (Lipinski definition) is 3. The Balaban J connectivity index is 1.42. The molecule has 2 heterocycles. The minimum Gasteiger partial charge on any atom is -0.497 e. The quantitative estimate of drug-likeness (QED) is 0.823. The second kappa shape index (κ2) is 6.42. The van der Waals surface area contributed by atoms with Gasteiger partial charge in [0.15, 0.2) is 0 Å². The van der Waals surface area contributed by atoms with Crippen LogP contribution in [0.1, 0.15) is 36.0 Å². The number of benzene rings is 1. The number of halogens is 3. The van der Waals surface area contributed by atoms with Crippen LogP contribution in [0.15, 0.2) is 18.2 Å². The lowest BCUT2D eigenvalue weighted by molar-refractivity contribution is -0.139. The van der Waals surface area contributed by atoms with Crippen LogP contribution in [0.2, 0.25) is 0 Å². The van der Waals surface area contributed by atoms with Crippen molar-refractivity contribution in [1.82, 2.24) is 10.2 Å². The van der Waals surface area contributed by atoms with Gasteiger partial charge in [-0.15, -0.1) is 0 Å². The van der Waals surface area contributed by atoms with Gasteiger partial charge in [-0.05, 0) is 31.4 Å². The highest BCUT2D eigenvalue weighted by molar-refractivity contribution is 5.95. The molecule has 4 fully saturated rings. The van der Waals surface area contributed by atoms with Gasteiger partial charge in [-0.1, -0.05) is 0 Å². The predicted octanol–water partition coefficient (Wildman–Crippen LogP) is 2.60. The summed E-state index contributed by atoms with van der Waals surface area (Å²) in [7, 11) is 1.39. The summed E-state index contributed by atoms with van der Waals surface area (Å²) in [5.41, 5.74) is -0.761. The van der Waals surface area contributed by atoms with Crippen LogP contribution >= 0.6 is 0 Å². The van der Waals surface area contributed by atoms with Crippen molar-refractivity contribution < 1.29 is 27.5 Å². The molecule has 0 unspecified atom stereocenters. The van der Waals surface area contributed by atoms with E-state index in [4.69, 9.17) is 4.74 Å². The summed E-state index contributed by atoms with van der Waals surface area (Å²) >= 11 is 0. The molecule has 4 aliphatic rings. The standard InChI is InChI=1S/C19H21F3N2O3/c1-27-13-5-10(4-12(20)7-13)17(25)23-16-11-6-14(16)24(9-11)18(26)19(2-3-19)8-15(21)22/h4-5,7,11,14-16H,2-3,6,8-9H2,1H3,(H,23,25)/t11-,14-,16+/m0/s1. The van der Waals surface area contributed by atoms with Crippen molar-refractivity contribution in [3.05, 3.63) is 29.6 Å². The van der Waals surface area contributed by atoms with Crippen molar-refractivity contribution in [2.45, 2.75) is 44.2 Å². The minimum atomic E-state index is -2.49. The van der Waals surface area contributed by atoms with Crippen molar-refractivity contribution in [2.75, 3.05) is 13.7 Å². The Hall–Kier alpha value is -2.25. The summed E-state index contributed by atoms with van der Waals surface area (Å²) in [6.45, 7) is 0.478. The molecule has 2 saturated carbocycles. The molecule has 8 heteroatoms. The van der Waals surface area contributed by atoms with E-state index in [1.165, 1.54) is 19.2 Å². The Morgan fingerprint density at radius 3 is 2.70 bits per heavy atom. The molecule has 1 N–H and O–H groups in total. The van der Waals surface area contributed by atoms with Crippen LogP contribution in [0.4, 0.5) is 13.2 Å². The van der Waals surface area contributed by atoms with E-state index in [1.807, 2.05) is 0 Å². The molecule has 0 radical (unpaired) electrons. The van der Waals surface area contributed by atoms with E-state index in [2.05, 4.69) is 5.32 Å². The molecule has 5 nitrogen and oxygen atoms in total. The van der Waals surface area contributed by atoms with Crippen LogP contribution < -0.4 is 10.1 Å². The Labute approximate surface area is 154 Å². The van der Waals surface area contributed by atoms with Crippen LogP contribution in [0.25, 0.3) is 0 Å². The number of rotatable bonds is 6. The van der Waals surface area contributed by atoms with E-state index in [9.17, 15) is 22.8 Å². The van der Waals surface area contributed by atoms with Gasteiger partial charge in [0.25, 0.3) is 5.91 Å². The summed E-state index contributed by atoms with van der Waals surface area (Å²) in [5, 5.41) is 2.87. The lowest BCUT2D eigenvalue weighted by atomic mass is 9.79. The first kappa shape index (κ1) is 18.1. The first-order valence-corrected chi connectivity index (χ1v) is 9.08. The maximum absolute atomic E-state index is 13.6. The highest BCUT2D eigenvalue weighted by atomic mass is 19.3. The third-order valence-corrected chi connectivity index (χ3v) is 6.08. The largest absolute Gasteiger partial charge is 0.497 e. The molecular weight excluding hydrogens is 361 g/mol. The number of nitrogens with zero attached hydrogens (tertiary/aromatic N) is 1. The highest BCUT2D eigenvalue weighted by Crippen LogP contribution is 2.54. The molecule has 2 saturated heterocycles. The summed E-state index contributed by atoms with van der Waals surface area (Å²) in [4.78, 5) is 26.9. The van der Waals surface area contributed by atoms with E-state index in [-0.39, 0.29) is 41.6 Å². The Kier molecular flexibility index (Phi) is 4.31. The van der Waals surface area contributed by atoms with Crippen LogP contribution in [0.3, 0.4) is 0 Å². The van der Waals surface area contributed by atoms with E-state index in [1.54, 1.807) is 4.90 Å². The van der Waals surface area contributed by atoms with Crippen molar-refractivity contribution in [3.63, 3.8) is 0 Å². The topological polar surface area (TPSA) is 58.6 Å². The molecule has 3 atom stereocenters. The Morgan fingerprint density at radius 1 is 1.33 bits per heavy atom. The van der Waals surface area contributed by atoms with E-state index < -0.39 is 23.6 Å². The summed E-state index contributed by atoms with van der Waals surface area (Å²) in [6, 6.07) is 3.37. The molecule has 1 aromatic carbocycles. The van der Waals surface area contributed by atoms with E-state index in [0.29, 0.717) is 19.4 Å². The van der Waals surface area contributed by atoms with Crippen molar-refractivity contribution in [1.29, 1.82) is 0 Å². The van der Waals surface area contributed by atoms with Crippen LogP contribution in [0, 0.1) is 17.2 Å². The molecule has 2 aliphatic carbocycles. The van der Waals surface area contributed by atoms with Gasteiger partial charge in [0.2, 0.25) is 12.3 Å². The molecular formula is C19H21F3N2O3. The van der Waals surface area contributed by atoms with Gasteiger partial charge < -0.3 is 15.0 Å².